The highest BCUT2D eigenvalue weighted by molar-refractivity contribution is 7.25. The highest BCUT2D eigenvalue weighted by Crippen LogP contribution is 2.40. The lowest BCUT2D eigenvalue weighted by molar-refractivity contribution is 1.10. The monoisotopic (exact) mass is 401 g/mol. The summed E-state index contributed by atoms with van der Waals surface area (Å²) in [6, 6.07) is 27.9. The number of aromatic nitrogens is 3. The van der Waals surface area contributed by atoms with Crippen molar-refractivity contribution >= 4 is 64.2 Å². The molecule has 7 rings (SSSR count). The Morgan fingerprint density at radius 2 is 1.47 bits per heavy atom. The van der Waals surface area contributed by atoms with Gasteiger partial charge in [-0.2, -0.15) is 0 Å². The predicted octanol–water partition coefficient (Wildman–Crippen LogP) is 7.09. The summed E-state index contributed by atoms with van der Waals surface area (Å²) < 4.78 is 4.87. The van der Waals surface area contributed by atoms with Crippen LogP contribution in [0.1, 0.15) is 0 Å². The lowest BCUT2D eigenvalue weighted by atomic mass is 10.1. The number of benzene rings is 3. The van der Waals surface area contributed by atoms with E-state index in [4.69, 9.17) is 9.97 Å². The number of nitrogens with zero attached hydrogens (tertiary/aromatic N) is 3. The van der Waals surface area contributed by atoms with Crippen molar-refractivity contribution in [2.45, 2.75) is 0 Å². The Bertz CT molecular complexity index is 1750. The number of fused-ring (bicyclic) bond motifs is 7. The molecule has 0 saturated heterocycles. The summed E-state index contributed by atoms with van der Waals surface area (Å²) in [5, 5.41) is 6.08. The van der Waals surface area contributed by atoms with E-state index in [-0.39, 0.29) is 0 Å². The summed E-state index contributed by atoms with van der Waals surface area (Å²) in [4.78, 5) is 9.57. The molecule has 0 atom stereocenters. The van der Waals surface area contributed by atoms with Crippen molar-refractivity contribution in [3.05, 3.63) is 91.3 Å². The van der Waals surface area contributed by atoms with Crippen molar-refractivity contribution < 1.29 is 0 Å². The van der Waals surface area contributed by atoms with E-state index in [0.717, 1.165) is 33.1 Å². The molecule has 3 aromatic carbocycles. The normalized spacial score (nSPS) is 12.0. The van der Waals surface area contributed by atoms with Gasteiger partial charge in [-0.1, -0.05) is 42.5 Å². The van der Waals surface area contributed by atoms with E-state index >= 15 is 0 Å². The molecule has 4 heteroatoms. The molecule has 140 valence electrons. The lowest BCUT2D eigenvalue weighted by Crippen LogP contribution is -1.98. The van der Waals surface area contributed by atoms with Crippen molar-refractivity contribution in [1.82, 2.24) is 14.5 Å². The van der Waals surface area contributed by atoms with E-state index < -0.39 is 0 Å². The molecule has 0 fully saturated rings. The molecule has 3 nitrogen and oxygen atoms in total. The lowest BCUT2D eigenvalue weighted by Gasteiger charge is -2.10. The van der Waals surface area contributed by atoms with Gasteiger partial charge in [-0.25, -0.2) is 4.98 Å². The Hall–Kier alpha value is -3.76. The minimum Gasteiger partial charge on any atom is -0.292 e. The Morgan fingerprint density at radius 1 is 0.600 bits per heavy atom. The highest BCUT2D eigenvalue weighted by atomic mass is 32.1. The largest absolute Gasteiger partial charge is 0.292 e. The van der Waals surface area contributed by atoms with Crippen molar-refractivity contribution in [3.63, 3.8) is 0 Å². The third-order valence-corrected chi connectivity index (χ3v) is 7.02. The van der Waals surface area contributed by atoms with E-state index in [0.29, 0.717) is 0 Å². The number of thiophene rings is 1. The molecule has 0 bridgehead atoms. The van der Waals surface area contributed by atoms with Gasteiger partial charge in [-0.15, -0.1) is 11.3 Å². The Balaban J connectivity index is 1.71. The fraction of sp³-hybridized carbons (Fsp3) is 0. The minimum absolute atomic E-state index is 0.946. The first-order chi connectivity index (χ1) is 14.9. The van der Waals surface area contributed by atoms with E-state index in [2.05, 4.69) is 77.4 Å². The zero-order valence-electron chi connectivity index (χ0n) is 15.9. The molecule has 0 aliphatic rings. The molecule has 0 spiro atoms. The van der Waals surface area contributed by atoms with Gasteiger partial charge in [0.2, 0.25) is 0 Å². The molecule has 7 aromatic rings. The number of rotatable bonds is 1. The summed E-state index contributed by atoms with van der Waals surface area (Å²) in [5.74, 6) is 0.946. The third-order valence-electron chi connectivity index (χ3n) is 5.88. The summed E-state index contributed by atoms with van der Waals surface area (Å²) in [7, 11) is 0. The zero-order chi connectivity index (χ0) is 19.7. The molecule has 0 aliphatic heterocycles. The summed E-state index contributed by atoms with van der Waals surface area (Å²) >= 11 is 1.84. The Kier molecular flexibility index (Phi) is 3.15. The average Bonchev–Trinajstić information content (AvgIpc) is 3.32. The van der Waals surface area contributed by atoms with Crippen LogP contribution in [0.2, 0.25) is 0 Å². The average molecular weight is 401 g/mol. The molecule has 4 aromatic heterocycles. The minimum atomic E-state index is 0.946. The fourth-order valence-corrected chi connectivity index (χ4v) is 5.68. The standard InChI is InChI=1S/C26H15N3S/c1-2-7-17-16(6-1)11-13-28-26(17)29-21-9-5-12-27-25(21)20-14-19-18-8-3-4-10-23(18)30-24(19)15-22(20)29/h1-15H. The summed E-state index contributed by atoms with van der Waals surface area (Å²) in [6.45, 7) is 0. The molecule has 0 unspecified atom stereocenters. The molecular weight excluding hydrogens is 386 g/mol. The van der Waals surface area contributed by atoms with Gasteiger partial charge in [0.1, 0.15) is 5.82 Å². The molecule has 0 saturated carbocycles. The maximum absolute atomic E-state index is 4.81. The second-order valence-corrected chi connectivity index (χ2v) is 8.61. The van der Waals surface area contributed by atoms with Crippen LogP contribution < -0.4 is 0 Å². The molecule has 30 heavy (non-hydrogen) atoms. The second kappa shape index (κ2) is 5.88. The van der Waals surface area contributed by atoms with E-state index in [1.54, 1.807) is 0 Å². The van der Waals surface area contributed by atoms with Crippen molar-refractivity contribution in [2.24, 2.45) is 0 Å². The van der Waals surface area contributed by atoms with Crippen LogP contribution in [0, 0.1) is 0 Å². The van der Waals surface area contributed by atoms with Crippen LogP contribution in [0.3, 0.4) is 0 Å². The van der Waals surface area contributed by atoms with Crippen LogP contribution in [0.4, 0.5) is 0 Å². The van der Waals surface area contributed by atoms with Gasteiger partial charge in [0.25, 0.3) is 0 Å². The van der Waals surface area contributed by atoms with Gasteiger partial charge in [-0.05, 0) is 41.8 Å². The van der Waals surface area contributed by atoms with Crippen LogP contribution in [0.15, 0.2) is 91.3 Å². The topological polar surface area (TPSA) is 30.7 Å². The summed E-state index contributed by atoms with van der Waals surface area (Å²) in [5.41, 5.74) is 3.24. The van der Waals surface area contributed by atoms with Gasteiger partial charge in [0.15, 0.2) is 0 Å². The van der Waals surface area contributed by atoms with Crippen molar-refractivity contribution in [1.29, 1.82) is 0 Å². The van der Waals surface area contributed by atoms with Gasteiger partial charge < -0.3 is 0 Å². The molecular formula is C26H15N3S. The quantitative estimate of drug-likeness (QED) is 0.294. The second-order valence-electron chi connectivity index (χ2n) is 7.53. The first-order valence-electron chi connectivity index (χ1n) is 9.93. The van der Waals surface area contributed by atoms with E-state index in [1.807, 2.05) is 29.8 Å². The van der Waals surface area contributed by atoms with Crippen LogP contribution in [0.5, 0.6) is 0 Å². The number of hydrogen-bond acceptors (Lipinski definition) is 3. The molecule has 0 aliphatic carbocycles. The highest BCUT2D eigenvalue weighted by Gasteiger charge is 2.17. The first kappa shape index (κ1) is 16.1. The van der Waals surface area contributed by atoms with Crippen LogP contribution in [-0.2, 0) is 0 Å². The Labute approximate surface area is 175 Å². The number of pyridine rings is 2. The smallest absolute Gasteiger partial charge is 0.145 e. The number of hydrogen-bond donors (Lipinski definition) is 0. The van der Waals surface area contributed by atoms with E-state index in [1.165, 1.54) is 25.6 Å². The zero-order valence-corrected chi connectivity index (χ0v) is 16.7. The van der Waals surface area contributed by atoms with Gasteiger partial charge in [0.05, 0.1) is 16.6 Å². The van der Waals surface area contributed by atoms with Gasteiger partial charge >= 0.3 is 0 Å². The molecule has 0 N–H and O–H groups in total. The van der Waals surface area contributed by atoms with Gasteiger partial charge in [0, 0.05) is 43.3 Å². The molecule has 4 heterocycles. The first-order valence-corrected chi connectivity index (χ1v) is 10.7. The maximum atomic E-state index is 4.81. The van der Waals surface area contributed by atoms with Crippen LogP contribution in [-0.4, -0.2) is 14.5 Å². The van der Waals surface area contributed by atoms with Crippen molar-refractivity contribution in [2.75, 3.05) is 0 Å². The van der Waals surface area contributed by atoms with Crippen molar-refractivity contribution in [3.8, 4) is 5.82 Å². The molecule has 0 amide bonds. The maximum Gasteiger partial charge on any atom is 0.145 e. The van der Waals surface area contributed by atoms with E-state index in [9.17, 15) is 0 Å². The Morgan fingerprint density at radius 3 is 2.43 bits per heavy atom. The van der Waals surface area contributed by atoms with Gasteiger partial charge in [-0.3, -0.25) is 9.55 Å². The van der Waals surface area contributed by atoms with Crippen LogP contribution in [0.25, 0.3) is 58.7 Å². The SMILES string of the molecule is c1ccc2c(-n3c4cc5sc6ccccc6c5cc4c4ncccc43)nccc2c1. The predicted molar refractivity (Wildman–Crippen MR) is 127 cm³/mol. The third kappa shape index (κ3) is 2.09. The summed E-state index contributed by atoms with van der Waals surface area (Å²) in [6.07, 6.45) is 3.77. The van der Waals surface area contributed by atoms with Crippen LogP contribution >= 0.6 is 11.3 Å². The molecule has 0 radical (unpaired) electrons. The fourth-order valence-electron chi connectivity index (χ4n) is 4.56.